The molecule has 1 aliphatic heterocycles. The molecule has 19 heavy (non-hydrogen) atoms. The molecule has 0 aromatic carbocycles. The molecular formula is C13H20FNO4. The number of rotatable bonds is 2. The van der Waals surface area contributed by atoms with Crippen LogP contribution in [0.2, 0.25) is 0 Å². The van der Waals surface area contributed by atoms with Crippen LogP contribution >= 0.6 is 0 Å². The molecule has 108 valence electrons. The van der Waals surface area contributed by atoms with Gasteiger partial charge in [0.15, 0.2) is 5.60 Å². The van der Waals surface area contributed by atoms with Crippen LogP contribution in [0, 0.1) is 5.92 Å². The summed E-state index contributed by atoms with van der Waals surface area (Å²) in [4.78, 5) is 24.7. The molecule has 1 amide bonds. The molecule has 0 bridgehead atoms. The van der Waals surface area contributed by atoms with Gasteiger partial charge in [-0.25, -0.2) is 9.18 Å². The number of carbonyl (C=O) groups is 2. The monoisotopic (exact) mass is 273 g/mol. The number of carboxylic acid groups (broad SMARTS) is 1. The summed E-state index contributed by atoms with van der Waals surface area (Å²) in [6.07, 6.45) is 1.42. The zero-order chi connectivity index (χ0) is 14.0. The second-order valence-electron chi connectivity index (χ2n) is 5.62. The second-order valence-corrected chi connectivity index (χ2v) is 5.62. The van der Waals surface area contributed by atoms with Crippen LogP contribution in [-0.4, -0.2) is 51.9 Å². The number of halogens is 1. The molecule has 5 nitrogen and oxygen atoms in total. The van der Waals surface area contributed by atoms with Gasteiger partial charge in [0.1, 0.15) is 6.17 Å². The third-order valence-corrected chi connectivity index (χ3v) is 4.26. The molecule has 1 saturated carbocycles. The maximum atomic E-state index is 13.3. The first-order valence-corrected chi connectivity index (χ1v) is 6.81. The minimum Gasteiger partial charge on any atom is -0.479 e. The summed E-state index contributed by atoms with van der Waals surface area (Å²) in [5, 5.41) is 18.7. The largest absolute Gasteiger partial charge is 0.479 e. The summed E-state index contributed by atoms with van der Waals surface area (Å²) < 4.78 is 13.3. The summed E-state index contributed by atoms with van der Waals surface area (Å²) in [6, 6.07) is 0. The van der Waals surface area contributed by atoms with Gasteiger partial charge in [0, 0.05) is 31.8 Å². The van der Waals surface area contributed by atoms with E-state index < -0.39 is 17.7 Å². The number of hydrogen-bond donors (Lipinski definition) is 2. The molecule has 1 heterocycles. The highest BCUT2D eigenvalue weighted by molar-refractivity contribution is 5.81. The topological polar surface area (TPSA) is 77.8 Å². The van der Waals surface area contributed by atoms with Gasteiger partial charge in [-0.2, -0.15) is 0 Å². The minimum absolute atomic E-state index is 0.0415. The first-order chi connectivity index (χ1) is 8.92. The Labute approximate surface area is 111 Å². The summed E-state index contributed by atoms with van der Waals surface area (Å²) in [6.45, 7) is 0.462. The van der Waals surface area contributed by atoms with E-state index in [1.54, 1.807) is 4.90 Å². The molecule has 0 radical (unpaired) electrons. The molecule has 6 heteroatoms. The third-order valence-electron chi connectivity index (χ3n) is 4.26. The SMILES string of the molecule is O=C(C1CCCC(F)C1)N1CCC(O)(C(=O)O)CC1. The van der Waals surface area contributed by atoms with Gasteiger partial charge in [-0.1, -0.05) is 0 Å². The highest BCUT2D eigenvalue weighted by Gasteiger charge is 2.41. The molecule has 2 fully saturated rings. The Bertz CT molecular complexity index is 366. The smallest absolute Gasteiger partial charge is 0.335 e. The van der Waals surface area contributed by atoms with Gasteiger partial charge in [0.05, 0.1) is 0 Å². The van der Waals surface area contributed by atoms with E-state index in [2.05, 4.69) is 0 Å². The van der Waals surface area contributed by atoms with Crippen molar-refractivity contribution in [3.63, 3.8) is 0 Å². The Morgan fingerprint density at radius 2 is 1.84 bits per heavy atom. The van der Waals surface area contributed by atoms with Crippen LogP contribution in [0.3, 0.4) is 0 Å². The second kappa shape index (κ2) is 5.45. The molecule has 0 aromatic rings. The summed E-state index contributed by atoms with van der Waals surface area (Å²) in [7, 11) is 0. The number of carboxylic acids is 1. The number of aliphatic carboxylic acids is 1. The average molecular weight is 273 g/mol. The number of alkyl halides is 1. The van der Waals surface area contributed by atoms with Crippen molar-refractivity contribution in [3.05, 3.63) is 0 Å². The van der Waals surface area contributed by atoms with E-state index >= 15 is 0 Å². The summed E-state index contributed by atoms with van der Waals surface area (Å²) >= 11 is 0. The number of aliphatic hydroxyl groups is 1. The fourth-order valence-electron chi connectivity index (χ4n) is 2.92. The normalized spacial score (nSPS) is 30.9. The number of piperidine rings is 1. The number of likely N-dealkylation sites (tertiary alicyclic amines) is 1. The van der Waals surface area contributed by atoms with Crippen molar-refractivity contribution in [1.29, 1.82) is 0 Å². The van der Waals surface area contributed by atoms with E-state index in [4.69, 9.17) is 5.11 Å². The van der Waals surface area contributed by atoms with Gasteiger partial charge in [0.2, 0.25) is 5.91 Å². The van der Waals surface area contributed by atoms with Crippen molar-refractivity contribution in [3.8, 4) is 0 Å². The van der Waals surface area contributed by atoms with Gasteiger partial charge < -0.3 is 15.1 Å². The van der Waals surface area contributed by atoms with Gasteiger partial charge >= 0.3 is 5.97 Å². The molecule has 2 rings (SSSR count). The lowest BCUT2D eigenvalue weighted by Crippen LogP contribution is -2.52. The number of amides is 1. The lowest BCUT2D eigenvalue weighted by atomic mass is 9.85. The van der Waals surface area contributed by atoms with Gasteiger partial charge in [-0.15, -0.1) is 0 Å². The van der Waals surface area contributed by atoms with Crippen LogP contribution in [-0.2, 0) is 9.59 Å². The number of hydrogen-bond acceptors (Lipinski definition) is 3. The quantitative estimate of drug-likeness (QED) is 0.785. The Hall–Kier alpha value is -1.17. The van der Waals surface area contributed by atoms with Crippen molar-refractivity contribution in [2.24, 2.45) is 5.92 Å². The lowest BCUT2D eigenvalue weighted by Gasteiger charge is -2.37. The van der Waals surface area contributed by atoms with Crippen molar-refractivity contribution in [2.75, 3.05) is 13.1 Å². The highest BCUT2D eigenvalue weighted by Crippen LogP contribution is 2.30. The molecule has 1 aliphatic carbocycles. The molecule has 0 aromatic heterocycles. The van der Waals surface area contributed by atoms with Gasteiger partial charge in [-0.05, 0) is 25.7 Å². The standard InChI is InChI=1S/C13H20FNO4/c14-10-3-1-2-9(8-10)11(16)15-6-4-13(19,5-7-15)12(17)18/h9-10,19H,1-8H2,(H,17,18). The van der Waals surface area contributed by atoms with E-state index in [0.717, 1.165) is 6.42 Å². The maximum absolute atomic E-state index is 13.3. The first-order valence-electron chi connectivity index (χ1n) is 6.81. The average Bonchev–Trinajstić information content (AvgIpc) is 2.38. The van der Waals surface area contributed by atoms with Gasteiger partial charge in [-0.3, -0.25) is 4.79 Å². The minimum atomic E-state index is -1.72. The zero-order valence-electron chi connectivity index (χ0n) is 10.8. The van der Waals surface area contributed by atoms with Crippen LogP contribution in [0.15, 0.2) is 0 Å². The number of nitrogens with zero attached hydrogens (tertiary/aromatic N) is 1. The Morgan fingerprint density at radius 1 is 1.21 bits per heavy atom. The van der Waals surface area contributed by atoms with Crippen LogP contribution in [0.25, 0.3) is 0 Å². The van der Waals surface area contributed by atoms with E-state index in [-0.39, 0.29) is 44.2 Å². The molecule has 2 unspecified atom stereocenters. The van der Waals surface area contributed by atoms with Crippen LogP contribution in [0.5, 0.6) is 0 Å². The summed E-state index contributed by atoms with van der Waals surface area (Å²) in [5.74, 6) is -1.60. The predicted molar refractivity (Wildman–Crippen MR) is 65.3 cm³/mol. The number of carbonyl (C=O) groups excluding carboxylic acids is 1. The van der Waals surface area contributed by atoms with Crippen molar-refractivity contribution >= 4 is 11.9 Å². The molecule has 0 spiro atoms. The van der Waals surface area contributed by atoms with Gasteiger partial charge in [0.25, 0.3) is 0 Å². The van der Waals surface area contributed by atoms with Crippen LogP contribution < -0.4 is 0 Å². The lowest BCUT2D eigenvalue weighted by molar-refractivity contribution is -0.166. The van der Waals surface area contributed by atoms with Crippen LogP contribution in [0.4, 0.5) is 4.39 Å². The third kappa shape index (κ3) is 3.05. The van der Waals surface area contributed by atoms with Crippen molar-refractivity contribution in [1.82, 2.24) is 4.90 Å². The fourth-order valence-corrected chi connectivity index (χ4v) is 2.92. The Kier molecular flexibility index (Phi) is 4.08. The van der Waals surface area contributed by atoms with Crippen LogP contribution in [0.1, 0.15) is 38.5 Å². The fraction of sp³-hybridized carbons (Fsp3) is 0.846. The maximum Gasteiger partial charge on any atom is 0.335 e. The van der Waals surface area contributed by atoms with E-state index in [0.29, 0.717) is 12.8 Å². The van der Waals surface area contributed by atoms with Crippen molar-refractivity contribution < 1.29 is 24.2 Å². The highest BCUT2D eigenvalue weighted by atomic mass is 19.1. The van der Waals surface area contributed by atoms with E-state index in [9.17, 15) is 19.1 Å². The molecule has 2 aliphatic rings. The predicted octanol–water partition coefficient (Wildman–Crippen LogP) is 0.953. The molecule has 2 N–H and O–H groups in total. The van der Waals surface area contributed by atoms with E-state index in [1.165, 1.54) is 0 Å². The summed E-state index contributed by atoms with van der Waals surface area (Å²) in [5.41, 5.74) is -1.72. The Morgan fingerprint density at radius 3 is 2.37 bits per heavy atom. The zero-order valence-corrected chi connectivity index (χ0v) is 10.8. The molecular weight excluding hydrogens is 253 g/mol. The molecule has 2 atom stereocenters. The Balaban J connectivity index is 1.90. The van der Waals surface area contributed by atoms with Crippen molar-refractivity contribution in [2.45, 2.75) is 50.3 Å². The molecule has 1 saturated heterocycles. The van der Waals surface area contributed by atoms with E-state index in [1.807, 2.05) is 0 Å². The first kappa shape index (κ1) is 14.2.